The second-order valence-electron chi connectivity index (χ2n) is 4.53. The van der Waals surface area contributed by atoms with Crippen LogP contribution in [0.25, 0.3) is 0 Å². The molecule has 2 rings (SSSR count). The third kappa shape index (κ3) is 3.41. The highest BCUT2D eigenvalue weighted by Gasteiger charge is 2.17. The van der Waals surface area contributed by atoms with Crippen LogP contribution in [0.5, 0.6) is 5.88 Å². The number of nitrogens with one attached hydrogen (secondary N) is 1. The summed E-state index contributed by atoms with van der Waals surface area (Å²) in [5.41, 5.74) is 1.08. The molecular formula is C13H21N3O. The zero-order valence-electron chi connectivity index (χ0n) is 10.6. The van der Waals surface area contributed by atoms with E-state index in [1.54, 1.807) is 7.11 Å². The Hall–Kier alpha value is -1.13. The summed E-state index contributed by atoms with van der Waals surface area (Å²) in [4.78, 5) is 6.94. The number of rotatable bonds is 3. The topological polar surface area (TPSA) is 37.4 Å². The molecule has 0 spiro atoms. The van der Waals surface area contributed by atoms with E-state index in [1.807, 2.05) is 12.1 Å². The van der Waals surface area contributed by atoms with Crippen LogP contribution in [0.15, 0.2) is 18.2 Å². The maximum absolute atomic E-state index is 5.15. The Kier molecular flexibility index (Phi) is 4.34. The first-order chi connectivity index (χ1) is 8.29. The van der Waals surface area contributed by atoms with Gasteiger partial charge in [0.2, 0.25) is 5.88 Å². The largest absolute Gasteiger partial charge is 0.481 e. The fourth-order valence-corrected chi connectivity index (χ4v) is 2.16. The van der Waals surface area contributed by atoms with Gasteiger partial charge in [0.1, 0.15) is 0 Å². The monoisotopic (exact) mass is 235 g/mol. The van der Waals surface area contributed by atoms with Gasteiger partial charge in [-0.1, -0.05) is 6.07 Å². The predicted molar refractivity (Wildman–Crippen MR) is 68.1 cm³/mol. The molecule has 1 aromatic heterocycles. The quantitative estimate of drug-likeness (QED) is 0.856. The third-order valence-electron chi connectivity index (χ3n) is 3.29. The van der Waals surface area contributed by atoms with E-state index < -0.39 is 0 Å². The third-order valence-corrected chi connectivity index (χ3v) is 3.29. The summed E-state index contributed by atoms with van der Waals surface area (Å²) in [6.45, 7) is 6.45. The van der Waals surface area contributed by atoms with E-state index in [-0.39, 0.29) is 0 Å². The van der Waals surface area contributed by atoms with Crippen molar-refractivity contribution in [2.24, 2.45) is 0 Å². The zero-order valence-corrected chi connectivity index (χ0v) is 10.6. The van der Waals surface area contributed by atoms with E-state index >= 15 is 0 Å². The van der Waals surface area contributed by atoms with E-state index in [0.717, 1.165) is 31.9 Å². The molecule has 0 aliphatic carbocycles. The normalized spacial score (nSPS) is 22.1. The van der Waals surface area contributed by atoms with E-state index in [0.29, 0.717) is 11.9 Å². The Morgan fingerprint density at radius 3 is 3.18 bits per heavy atom. The van der Waals surface area contributed by atoms with E-state index in [9.17, 15) is 0 Å². The van der Waals surface area contributed by atoms with Gasteiger partial charge < -0.3 is 10.1 Å². The smallest absolute Gasteiger partial charge is 0.213 e. The highest BCUT2D eigenvalue weighted by atomic mass is 16.5. The summed E-state index contributed by atoms with van der Waals surface area (Å²) in [7, 11) is 1.66. The minimum atomic E-state index is 0.609. The molecule has 0 bridgehead atoms. The van der Waals surface area contributed by atoms with Crippen LogP contribution in [0.1, 0.15) is 19.0 Å². The first-order valence-corrected chi connectivity index (χ1v) is 6.24. The number of aromatic nitrogens is 1. The van der Waals surface area contributed by atoms with Crippen molar-refractivity contribution in [3.63, 3.8) is 0 Å². The summed E-state index contributed by atoms with van der Waals surface area (Å²) in [5.74, 6) is 0.697. The molecule has 1 fully saturated rings. The highest BCUT2D eigenvalue weighted by Crippen LogP contribution is 2.13. The minimum absolute atomic E-state index is 0.609. The van der Waals surface area contributed by atoms with Crippen molar-refractivity contribution in [1.29, 1.82) is 0 Å². The molecule has 0 saturated carbocycles. The Labute approximate surface area is 103 Å². The van der Waals surface area contributed by atoms with Gasteiger partial charge in [-0.3, -0.25) is 4.90 Å². The van der Waals surface area contributed by atoms with Gasteiger partial charge in [0.05, 0.1) is 12.8 Å². The standard InChI is InChI=1S/C13H21N3O/c1-11-6-7-14-8-9-16(11)10-12-4-3-5-13(15-12)17-2/h3-5,11,14H,6-10H2,1-2H3. The van der Waals surface area contributed by atoms with Crippen molar-refractivity contribution < 1.29 is 4.74 Å². The maximum atomic E-state index is 5.15. The molecule has 2 heterocycles. The van der Waals surface area contributed by atoms with E-state index in [2.05, 4.69) is 28.2 Å². The lowest BCUT2D eigenvalue weighted by molar-refractivity contribution is 0.208. The average Bonchev–Trinajstić information content (AvgIpc) is 2.55. The molecule has 0 radical (unpaired) electrons. The fourth-order valence-electron chi connectivity index (χ4n) is 2.16. The van der Waals surface area contributed by atoms with Gasteiger partial charge >= 0.3 is 0 Å². The molecule has 1 saturated heterocycles. The van der Waals surface area contributed by atoms with Gasteiger partial charge in [-0.15, -0.1) is 0 Å². The molecule has 1 atom stereocenters. The Bertz CT molecular complexity index is 356. The number of methoxy groups -OCH3 is 1. The minimum Gasteiger partial charge on any atom is -0.481 e. The second-order valence-corrected chi connectivity index (χ2v) is 4.53. The summed E-state index contributed by atoms with van der Waals surface area (Å²) in [5, 5.41) is 3.43. The Morgan fingerprint density at radius 2 is 2.35 bits per heavy atom. The summed E-state index contributed by atoms with van der Waals surface area (Å²) in [6.07, 6.45) is 1.20. The van der Waals surface area contributed by atoms with Crippen molar-refractivity contribution >= 4 is 0 Å². The van der Waals surface area contributed by atoms with Crippen LogP contribution in [-0.2, 0) is 6.54 Å². The molecule has 1 aliphatic rings. The molecular weight excluding hydrogens is 214 g/mol. The van der Waals surface area contributed by atoms with Crippen molar-refractivity contribution in [1.82, 2.24) is 15.2 Å². The molecule has 94 valence electrons. The zero-order chi connectivity index (χ0) is 12.1. The van der Waals surface area contributed by atoms with Gasteiger partial charge in [0, 0.05) is 31.7 Å². The Morgan fingerprint density at radius 1 is 1.47 bits per heavy atom. The van der Waals surface area contributed by atoms with Crippen molar-refractivity contribution in [2.45, 2.75) is 25.9 Å². The van der Waals surface area contributed by atoms with Crippen molar-refractivity contribution in [3.05, 3.63) is 23.9 Å². The summed E-state index contributed by atoms with van der Waals surface area (Å²) < 4.78 is 5.15. The van der Waals surface area contributed by atoms with Gasteiger partial charge in [0.25, 0.3) is 0 Å². The fraction of sp³-hybridized carbons (Fsp3) is 0.615. The van der Waals surface area contributed by atoms with Gasteiger partial charge in [-0.05, 0) is 26.0 Å². The number of ether oxygens (including phenoxy) is 1. The first kappa shape index (κ1) is 12.3. The molecule has 0 amide bonds. The first-order valence-electron chi connectivity index (χ1n) is 6.24. The van der Waals surface area contributed by atoms with E-state index in [4.69, 9.17) is 4.74 Å². The number of nitrogens with zero attached hydrogens (tertiary/aromatic N) is 2. The lowest BCUT2D eigenvalue weighted by Gasteiger charge is -2.26. The molecule has 17 heavy (non-hydrogen) atoms. The lowest BCUT2D eigenvalue weighted by atomic mass is 10.2. The van der Waals surface area contributed by atoms with Crippen LogP contribution in [0.2, 0.25) is 0 Å². The highest BCUT2D eigenvalue weighted by molar-refractivity contribution is 5.15. The number of hydrogen-bond donors (Lipinski definition) is 1. The molecule has 1 unspecified atom stereocenters. The van der Waals surface area contributed by atoms with Gasteiger partial charge in [-0.25, -0.2) is 4.98 Å². The predicted octanol–water partition coefficient (Wildman–Crippen LogP) is 1.27. The van der Waals surface area contributed by atoms with Gasteiger partial charge in [-0.2, -0.15) is 0 Å². The summed E-state index contributed by atoms with van der Waals surface area (Å²) in [6, 6.07) is 6.56. The van der Waals surface area contributed by atoms with Crippen molar-refractivity contribution in [3.8, 4) is 5.88 Å². The SMILES string of the molecule is COc1cccc(CN2CCNCCC2C)n1. The summed E-state index contributed by atoms with van der Waals surface area (Å²) >= 11 is 0. The molecule has 1 aromatic rings. The lowest BCUT2D eigenvalue weighted by Crippen LogP contribution is -2.34. The number of pyridine rings is 1. The van der Waals surface area contributed by atoms with E-state index in [1.165, 1.54) is 6.42 Å². The van der Waals surface area contributed by atoms with Crippen LogP contribution in [0.4, 0.5) is 0 Å². The second kappa shape index (κ2) is 5.98. The molecule has 0 aromatic carbocycles. The van der Waals surface area contributed by atoms with Crippen LogP contribution >= 0.6 is 0 Å². The van der Waals surface area contributed by atoms with Gasteiger partial charge in [0.15, 0.2) is 0 Å². The van der Waals surface area contributed by atoms with Crippen LogP contribution < -0.4 is 10.1 Å². The van der Waals surface area contributed by atoms with Crippen LogP contribution in [0, 0.1) is 0 Å². The molecule has 4 nitrogen and oxygen atoms in total. The van der Waals surface area contributed by atoms with Crippen LogP contribution in [0.3, 0.4) is 0 Å². The molecule has 1 N–H and O–H groups in total. The number of hydrogen-bond acceptors (Lipinski definition) is 4. The molecule has 4 heteroatoms. The average molecular weight is 235 g/mol. The maximum Gasteiger partial charge on any atom is 0.213 e. The van der Waals surface area contributed by atoms with Crippen LogP contribution in [-0.4, -0.2) is 42.7 Å². The molecule has 1 aliphatic heterocycles. The van der Waals surface area contributed by atoms with Crippen molar-refractivity contribution in [2.75, 3.05) is 26.7 Å². The Balaban J connectivity index is 2.02.